The molecule has 0 atom stereocenters. The normalized spacial score (nSPS) is 12.0. The highest BCUT2D eigenvalue weighted by Crippen LogP contribution is 2.29. The van der Waals surface area contributed by atoms with Crippen LogP contribution in [0.4, 0.5) is 0 Å². The van der Waals surface area contributed by atoms with Gasteiger partial charge in [0.1, 0.15) is 0 Å². The van der Waals surface area contributed by atoms with Crippen LogP contribution < -0.4 is 0 Å². The summed E-state index contributed by atoms with van der Waals surface area (Å²) in [5, 5.41) is 0.604. The van der Waals surface area contributed by atoms with Crippen molar-refractivity contribution in [2.45, 2.75) is 39.1 Å². The van der Waals surface area contributed by atoms with E-state index in [0.717, 1.165) is 27.8 Å². The lowest BCUT2D eigenvalue weighted by atomic mass is 10.0. The number of aryl methyl sites for hydroxylation is 2. The van der Waals surface area contributed by atoms with Crippen LogP contribution in [-0.2, 0) is 16.6 Å². The maximum atomic E-state index is 13.1. The van der Waals surface area contributed by atoms with Gasteiger partial charge in [-0.25, -0.2) is 8.42 Å². The molecule has 0 spiro atoms. The van der Waals surface area contributed by atoms with Crippen LogP contribution in [0.1, 0.15) is 27.8 Å². The van der Waals surface area contributed by atoms with Crippen LogP contribution in [0.5, 0.6) is 0 Å². The van der Waals surface area contributed by atoms with E-state index in [1.165, 1.54) is 4.31 Å². The Labute approximate surface area is 144 Å². The zero-order chi connectivity index (χ0) is 17.4. The van der Waals surface area contributed by atoms with Gasteiger partial charge in [0, 0.05) is 18.6 Å². The van der Waals surface area contributed by atoms with Crippen molar-refractivity contribution in [3.05, 3.63) is 63.2 Å². The third kappa shape index (κ3) is 3.60. The van der Waals surface area contributed by atoms with E-state index in [1.807, 2.05) is 45.9 Å². The molecule has 2 aromatic carbocycles. The van der Waals surface area contributed by atoms with E-state index in [-0.39, 0.29) is 6.54 Å². The van der Waals surface area contributed by atoms with Crippen molar-refractivity contribution >= 4 is 21.6 Å². The van der Waals surface area contributed by atoms with Gasteiger partial charge in [-0.05, 0) is 67.6 Å². The molecule has 0 unspecified atom stereocenters. The van der Waals surface area contributed by atoms with Gasteiger partial charge in [-0.1, -0.05) is 29.8 Å². The minimum absolute atomic E-state index is 0.286. The van der Waals surface area contributed by atoms with Gasteiger partial charge in [0.05, 0.1) is 4.90 Å². The summed E-state index contributed by atoms with van der Waals surface area (Å²) in [6.07, 6.45) is 0. The zero-order valence-electron chi connectivity index (χ0n) is 14.1. The van der Waals surface area contributed by atoms with E-state index >= 15 is 0 Å². The van der Waals surface area contributed by atoms with Gasteiger partial charge in [-0.2, -0.15) is 4.31 Å². The number of hydrogen-bond donors (Lipinski definition) is 0. The van der Waals surface area contributed by atoms with Gasteiger partial charge < -0.3 is 0 Å². The van der Waals surface area contributed by atoms with E-state index in [2.05, 4.69) is 0 Å². The summed E-state index contributed by atoms with van der Waals surface area (Å²) in [4.78, 5) is 0.416. The third-order valence-corrected chi connectivity index (χ3v) is 6.57. The maximum Gasteiger partial charge on any atom is 0.243 e. The molecule has 0 aliphatic heterocycles. The molecule has 0 saturated heterocycles. The molecular formula is C18H22ClNO2S. The Hall–Kier alpha value is -1.36. The molecule has 0 aliphatic rings. The van der Waals surface area contributed by atoms with Crippen molar-refractivity contribution in [3.8, 4) is 0 Å². The van der Waals surface area contributed by atoms with E-state index in [0.29, 0.717) is 9.92 Å². The molecule has 5 heteroatoms. The van der Waals surface area contributed by atoms with E-state index < -0.39 is 10.0 Å². The summed E-state index contributed by atoms with van der Waals surface area (Å²) in [6.45, 7) is 7.90. The lowest BCUT2D eigenvalue weighted by molar-refractivity contribution is 0.465. The first-order valence-electron chi connectivity index (χ1n) is 7.42. The summed E-state index contributed by atoms with van der Waals surface area (Å²) in [5.41, 5.74) is 4.46. The molecule has 0 aromatic heterocycles. The van der Waals surface area contributed by atoms with Crippen LogP contribution in [0.25, 0.3) is 0 Å². The number of hydrogen-bond acceptors (Lipinski definition) is 2. The zero-order valence-corrected chi connectivity index (χ0v) is 15.7. The molecule has 0 aliphatic carbocycles. The topological polar surface area (TPSA) is 37.4 Å². The van der Waals surface area contributed by atoms with Crippen LogP contribution in [-0.4, -0.2) is 19.8 Å². The first-order valence-corrected chi connectivity index (χ1v) is 9.24. The summed E-state index contributed by atoms with van der Waals surface area (Å²) < 4.78 is 27.5. The van der Waals surface area contributed by atoms with Gasteiger partial charge in [0.2, 0.25) is 10.0 Å². The molecule has 2 aromatic rings. The molecule has 0 bridgehead atoms. The molecule has 0 N–H and O–H groups in total. The highest BCUT2D eigenvalue weighted by molar-refractivity contribution is 7.89. The van der Waals surface area contributed by atoms with Crippen molar-refractivity contribution in [2.75, 3.05) is 7.05 Å². The molecule has 0 heterocycles. The van der Waals surface area contributed by atoms with E-state index in [9.17, 15) is 8.42 Å². The lowest BCUT2D eigenvalue weighted by Gasteiger charge is -2.22. The highest BCUT2D eigenvalue weighted by atomic mass is 35.5. The summed E-state index contributed by atoms with van der Waals surface area (Å²) >= 11 is 5.98. The quantitative estimate of drug-likeness (QED) is 0.819. The predicted octanol–water partition coefficient (Wildman–Crippen LogP) is 4.39. The van der Waals surface area contributed by atoms with Gasteiger partial charge in [-0.3, -0.25) is 0 Å². The Morgan fingerprint density at radius 1 is 1.00 bits per heavy atom. The number of benzene rings is 2. The van der Waals surface area contributed by atoms with E-state index in [1.54, 1.807) is 19.2 Å². The fourth-order valence-electron chi connectivity index (χ4n) is 2.70. The third-order valence-electron chi connectivity index (χ3n) is 4.26. The Balaban J connectivity index is 2.46. The monoisotopic (exact) mass is 351 g/mol. The standard InChI is InChI=1S/C18H22ClNO2S/c1-12-9-13(2)15(4)18(14(12)3)23(21,22)20(5)11-16-7-6-8-17(19)10-16/h6-10H,11H2,1-5H3. The van der Waals surface area contributed by atoms with Gasteiger partial charge in [0.15, 0.2) is 0 Å². The summed E-state index contributed by atoms with van der Waals surface area (Å²) in [6, 6.07) is 9.29. The molecule has 0 saturated carbocycles. The SMILES string of the molecule is Cc1cc(C)c(C)c(S(=O)(=O)N(C)Cc2cccc(Cl)c2)c1C. The lowest BCUT2D eigenvalue weighted by Crippen LogP contribution is -2.28. The molecule has 0 fully saturated rings. The molecule has 0 amide bonds. The van der Waals surface area contributed by atoms with Crippen molar-refractivity contribution in [1.82, 2.24) is 4.31 Å². The Morgan fingerprint density at radius 2 is 1.57 bits per heavy atom. The van der Waals surface area contributed by atoms with Crippen LogP contribution in [0.3, 0.4) is 0 Å². The minimum atomic E-state index is -3.57. The fourth-order valence-corrected chi connectivity index (χ4v) is 4.64. The van der Waals surface area contributed by atoms with Crippen molar-refractivity contribution < 1.29 is 8.42 Å². The van der Waals surface area contributed by atoms with E-state index in [4.69, 9.17) is 11.6 Å². The average molecular weight is 352 g/mol. The number of halogens is 1. The first-order chi connectivity index (χ1) is 10.6. The molecule has 23 heavy (non-hydrogen) atoms. The van der Waals surface area contributed by atoms with Crippen LogP contribution >= 0.6 is 11.6 Å². The van der Waals surface area contributed by atoms with Crippen LogP contribution in [0, 0.1) is 27.7 Å². The van der Waals surface area contributed by atoms with Gasteiger partial charge in [-0.15, -0.1) is 0 Å². The molecule has 3 nitrogen and oxygen atoms in total. The molecular weight excluding hydrogens is 330 g/mol. The van der Waals surface area contributed by atoms with Gasteiger partial charge in [0.25, 0.3) is 0 Å². The second-order valence-electron chi connectivity index (χ2n) is 5.98. The second-order valence-corrected chi connectivity index (χ2v) is 8.40. The maximum absolute atomic E-state index is 13.1. The van der Waals surface area contributed by atoms with Crippen LogP contribution in [0.2, 0.25) is 5.02 Å². The smallest absolute Gasteiger partial charge is 0.207 e. The fraction of sp³-hybridized carbons (Fsp3) is 0.333. The average Bonchev–Trinajstić information content (AvgIpc) is 2.45. The second kappa shape index (κ2) is 6.63. The van der Waals surface area contributed by atoms with Crippen molar-refractivity contribution in [2.24, 2.45) is 0 Å². The van der Waals surface area contributed by atoms with Gasteiger partial charge >= 0.3 is 0 Å². The number of sulfonamides is 1. The molecule has 0 radical (unpaired) electrons. The Morgan fingerprint density at radius 3 is 2.09 bits per heavy atom. The molecule has 2 rings (SSSR count). The Kier molecular flexibility index (Phi) is 5.19. The van der Waals surface area contributed by atoms with Crippen LogP contribution in [0.15, 0.2) is 35.2 Å². The summed E-state index contributed by atoms with van der Waals surface area (Å²) in [7, 11) is -1.96. The van der Waals surface area contributed by atoms with Crippen molar-refractivity contribution in [1.29, 1.82) is 0 Å². The molecule has 124 valence electrons. The summed E-state index contributed by atoms with van der Waals surface area (Å²) in [5.74, 6) is 0. The Bertz CT molecular complexity index is 818. The minimum Gasteiger partial charge on any atom is -0.207 e. The predicted molar refractivity (Wildman–Crippen MR) is 95.5 cm³/mol. The highest BCUT2D eigenvalue weighted by Gasteiger charge is 2.26. The first kappa shape index (κ1) is 18.0. The number of rotatable bonds is 4. The van der Waals surface area contributed by atoms with Crippen molar-refractivity contribution in [3.63, 3.8) is 0 Å². The number of nitrogens with zero attached hydrogens (tertiary/aromatic N) is 1. The largest absolute Gasteiger partial charge is 0.243 e.